The monoisotopic (exact) mass is 358 g/mol. The summed E-state index contributed by atoms with van der Waals surface area (Å²) in [5.74, 6) is 0.0368. The van der Waals surface area contributed by atoms with Gasteiger partial charge in [-0.25, -0.2) is 4.98 Å². The van der Waals surface area contributed by atoms with E-state index in [1.807, 2.05) is 42.6 Å². The van der Waals surface area contributed by atoms with Crippen molar-refractivity contribution in [1.82, 2.24) is 19.2 Å². The molecule has 3 heterocycles. The van der Waals surface area contributed by atoms with E-state index in [1.54, 1.807) is 11.7 Å². The zero-order valence-corrected chi connectivity index (χ0v) is 16.0. The van der Waals surface area contributed by atoms with Crippen LogP contribution in [0.25, 0.3) is 16.9 Å². The molecule has 5 heteroatoms. The molecule has 0 N–H and O–H groups in total. The molecule has 136 valence electrons. The van der Waals surface area contributed by atoms with Crippen LogP contribution in [0.15, 0.2) is 48.7 Å². The number of Topliss-reactive ketones (excluding diaryl/α,β-unsaturated/α-hetero) is 1. The lowest BCUT2D eigenvalue weighted by Crippen LogP contribution is -2.11. The van der Waals surface area contributed by atoms with E-state index < -0.39 is 0 Å². The first kappa shape index (κ1) is 17.2. The standard InChI is InChI=1S/C22H22N4O/c1-14-5-8-17(9-6-14)22-19(26-13-15(2)7-10-21(26)23-22)12-20(27)18-11-16(3)24-25(18)4/h5-11,13H,12H2,1-4H3. The topological polar surface area (TPSA) is 52.2 Å². The Morgan fingerprint density at radius 3 is 2.37 bits per heavy atom. The van der Waals surface area contributed by atoms with E-state index in [1.165, 1.54) is 5.56 Å². The molecule has 0 amide bonds. The second-order valence-corrected chi connectivity index (χ2v) is 7.10. The number of ketones is 1. The third-order valence-corrected chi connectivity index (χ3v) is 4.81. The summed E-state index contributed by atoms with van der Waals surface area (Å²) < 4.78 is 3.68. The van der Waals surface area contributed by atoms with E-state index in [9.17, 15) is 4.79 Å². The van der Waals surface area contributed by atoms with Gasteiger partial charge in [0.15, 0.2) is 5.78 Å². The number of benzene rings is 1. The van der Waals surface area contributed by atoms with Gasteiger partial charge >= 0.3 is 0 Å². The molecule has 0 bridgehead atoms. The predicted molar refractivity (Wildman–Crippen MR) is 106 cm³/mol. The Hall–Kier alpha value is -3.21. The van der Waals surface area contributed by atoms with Crippen LogP contribution in [0.1, 0.15) is 33.0 Å². The number of nitrogens with zero attached hydrogens (tertiary/aromatic N) is 4. The number of pyridine rings is 1. The maximum absolute atomic E-state index is 13.0. The number of aromatic nitrogens is 4. The zero-order chi connectivity index (χ0) is 19.1. The largest absolute Gasteiger partial charge is 0.303 e. The van der Waals surface area contributed by atoms with Gasteiger partial charge in [0.1, 0.15) is 11.3 Å². The fourth-order valence-electron chi connectivity index (χ4n) is 3.43. The molecule has 0 saturated heterocycles. The highest BCUT2D eigenvalue weighted by Crippen LogP contribution is 2.26. The van der Waals surface area contributed by atoms with Gasteiger partial charge in [-0.05, 0) is 38.5 Å². The number of carbonyl (C=O) groups excluding carboxylic acids is 1. The molecule has 0 saturated carbocycles. The maximum atomic E-state index is 13.0. The number of imidazole rings is 1. The highest BCUT2D eigenvalue weighted by atomic mass is 16.1. The summed E-state index contributed by atoms with van der Waals surface area (Å²) in [5, 5.41) is 4.30. The fourth-order valence-corrected chi connectivity index (χ4v) is 3.43. The molecule has 0 fully saturated rings. The van der Waals surface area contributed by atoms with Crippen LogP contribution in [0.3, 0.4) is 0 Å². The van der Waals surface area contributed by atoms with Crippen molar-refractivity contribution in [2.75, 3.05) is 0 Å². The molecule has 4 aromatic rings. The minimum Gasteiger partial charge on any atom is -0.303 e. The van der Waals surface area contributed by atoms with Crippen LogP contribution in [0.5, 0.6) is 0 Å². The summed E-state index contributed by atoms with van der Waals surface area (Å²) >= 11 is 0. The van der Waals surface area contributed by atoms with Crippen LogP contribution in [-0.4, -0.2) is 24.9 Å². The number of rotatable bonds is 4. The molecule has 0 unspecified atom stereocenters. The summed E-state index contributed by atoms with van der Waals surface area (Å²) in [4.78, 5) is 17.8. The van der Waals surface area contributed by atoms with E-state index in [2.05, 4.69) is 36.3 Å². The summed E-state index contributed by atoms with van der Waals surface area (Å²) in [6.45, 7) is 6.00. The van der Waals surface area contributed by atoms with Crippen LogP contribution >= 0.6 is 0 Å². The molecular formula is C22H22N4O. The number of carbonyl (C=O) groups is 1. The van der Waals surface area contributed by atoms with Gasteiger partial charge in [0.2, 0.25) is 0 Å². The van der Waals surface area contributed by atoms with E-state index in [-0.39, 0.29) is 12.2 Å². The molecule has 0 aliphatic carbocycles. The van der Waals surface area contributed by atoms with E-state index >= 15 is 0 Å². The van der Waals surface area contributed by atoms with Crippen molar-refractivity contribution in [1.29, 1.82) is 0 Å². The molecule has 5 nitrogen and oxygen atoms in total. The number of aryl methyl sites for hydroxylation is 4. The van der Waals surface area contributed by atoms with Gasteiger partial charge in [-0.15, -0.1) is 0 Å². The van der Waals surface area contributed by atoms with E-state index in [0.29, 0.717) is 5.69 Å². The fraction of sp³-hybridized carbons (Fsp3) is 0.227. The van der Waals surface area contributed by atoms with Crippen molar-refractivity contribution in [2.45, 2.75) is 27.2 Å². The Balaban J connectivity index is 1.85. The molecule has 0 radical (unpaired) electrons. The third-order valence-electron chi connectivity index (χ3n) is 4.81. The predicted octanol–water partition coefficient (Wildman–Crippen LogP) is 4.09. The van der Waals surface area contributed by atoms with Crippen LogP contribution in [0.2, 0.25) is 0 Å². The lowest BCUT2D eigenvalue weighted by molar-refractivity contribution is 0.0983. The highest BCUT2D eigenvalue weighted by molar-refractivity contribution is 5.97. The summed E-state index contributed by atoms with van der Waals surface area (Å²) in [7, 11) is 1.81. The van der Waals surface area contributed by atoms with Crippen molar-refractivity contribution in [2.24, 2.45) is 7.05 Å². The minimum absolute atomic E-state index is 0.0368. The van der Waals surface area contributed by atoms with Crippen LogP contribution < -0.4 is 0 Å². The number of fused-ring (bicyclic) bond motifs is 1. The molecule has 4 rings (SSSR count). The second kappa shape index (κ2) is 6.50. The Morgan fingerprint density at radius 1 is 1.00 bits per heavy atom. The average molecular weight is 358 g/mol. The molecule has 0 atom stereocenters. The molecule has 0 aliphatic rings. The van der Waals surface area contributed by atoms with Crippen LogP contribution in [-0.2, 0) is 13.5 Å². The van der Waals surface area contributed by atoms with Crippen molar-refractivity contribution >= 4 is 11.4 Å². The zero-order valence-electron chi connectivity index (χ0n) is 16.0. The van der Waals surface area contributed by atoms with Crippen molar-refractivity contribution in [3.63, 3.8) is 0 Å². The Labute approximate surface area is 158 Å². The lowest BCUT2D eigenvalue weighted by Gasteiger charge is -2.07. The quantitative estimate of drug-likeness (QED) is 0.517. The average Bonchev–Trinajstić information content (AvgIpc) is 3.15. The molecule has 0 spiro atoms. The first-order valence-corrected chi connectivity index (χ1v) is 9.01. The summed E-state index contributed by atoms with van der Waals surface area (Å²) in [6.07, 6.45) is 2.31. The third kappa shape index (κ3) is 3.16. The minimum atomic E-state index is 0.0368. The van der Waals surface area contributed by atoms with Crippen LogP contribution in [0, 0.1) is 20.8 Å². The maximum Gasteiger partial charge on any atom is 0.186 e. The van der Waals surface area contributed by atoms with Gasteiger partial charge < -0.3 is 4.40 Å². The molecule has 27 heavy (non-hydrogen) atoms. The molecule has 1 aromatic carbocycles. The summed E-state index contributed by atoms with van der Waals surface area (Å²) in [5.41, 5.74) is 7.40. The smallest absolute Gasteiger partial charge is 0.186 e. The van der Waals surface area contributed by atoms with Gasteiger partial charge in [-0.1, -0.05) is 35.9 Å². The normalized spacial score (nSPS) is 11.3. The van der Waals surface area contributed by atoms with Gasteiger partial charge in [0, 0.05) is 18.8 Å². The van der Waals surface area contributed by atoms with Crippen LogP contribution in [0.4, 0.5) is 0 Å². The van der Waals surface area contributed by atoms with Gasteiger partial charge in [-0.2, -0.15) is 5.10 Å². The van der Waals surface area contributed by atoms with Crippen molar-refractivity contribution in [3.05, 3.63) is 76.9 Å². The molecular weight excluding hydrogens is 336 g/mol. The highest BCUT2D eigenvalue weighted by Gasteiger charge is 2.20. The van der Waals surface area contributed by atoms with Gasteiger partial charge in [0.05, 0.1) is 23.5 Å². The van der Waals surface area contributed by atoms with Gasteiger partial charge in [0.25, 0.3) is 0 Å². The number of hydrogen-bond acceptors (Lipinski definition) is 3. The Kier molecular flexibility index (Phi) is 4.15. The second-order valence-electron chi connectivity index (χ2n) is 7.10. The SMILES string of the molecule is Cc1ccc(-c2nc3ccc(C)cn3c2CC(=O)c2cc(C)nn2C)cc1. The van der Waals surface area contributed by atoms with Crippen molar-refractivity contribution < 1.29 is 4.79 Å². The van der Waals surface area contributed by atoms with E-state index in [4.69, 9.17) is 4.98 Å². The Bertz CT molecular complexity index is 1150. The number of hydrogen-bond donors (Lipinski definition) is 0. The summed E-state index contributed by atoms with van der Waals surface area (Å²) in [6, 6.07) is 14.1. The molecule has 3 aromatic heterocycles. The van der Waals surface area contributed by atoms with E-state index in [0.717, 1.165) is 33.9 Å². The first-order chi connectivity index (χ1) is 12.9. The Morgan fingerprint density at radius 2 is 1.70 bits per heavy atom. The first-order valence-electron chi connectivity index (χ1n) is 9.01. The van der Waals surface area contributed by atoms with Gasteiger partial charge in [-0.3, -0.25) is 9.48 Å². The molecule has 0 aliphatic heterocycles. The lowest BCUT2D eigenvalue weighted by atomic mass is 10.0. The van der Waals surface area contributed by atoms with Crippen molar-refractivity contribution in [3.8, 4) is 11.3 Å².